The zero-order valence-electron chi connectivity index (χ0n) is 12.2. The van der Waals surface area contributed by atoms with Crippen LogP contribution in [0.4, 0.5) is 19.4 Å². The van der Waals surface area contributed by atoms with Gasteiger partial charge in [-0.2, -0.15) is 0 Å². The van der Waals surface area contributed by atoms with E-state index in [4.69, 9.17) is 16.3 Å². The van der Waals surface area contributed by atoms with E-state index < -0.39 is 19.1 Å². The molecule has 0 aliphatic carbocycles. The number of nitrogens with zero attached hydrogens (tertiary/aromatic N) is 3. The van der Waals surface area contributed by atoms with Crippen molar-refractivity contribution in [3.63, 3.8) is 0 Å². The average Bonchev–Trinajstić information content (AvgIpc) is 2.50. The highest BCUT2D eigenvalue weighted by Gasteiger charge is 2.23. The standard InChI is InChI=1S/C15H14ClF2N3O2/c1-10-19-12(16)7-14(20-10)21(8-13(17)18)15(22)23-9-11-5-3-2-4-6-11/h2-7,13H,8-9H2,1H3. The molecule has 8 heteroatoms. The zero-order valence-corrected chi connectivity index (χ0v) is 13.0. The third-order valence-corrected chi connectivity index (χ3v) is 3.01. The molecule has 0 radical (unpaired) electrons. The Labute approximate surface area is 136 Å². The van der Waals surface area contributed by atoms with Crippen LogP contribution in [0.1, 0.15) is 11.4 Å². The van der Waals surface area contributed by atoms with Gasteiger partial charge in [0, 0.05) is 6.07 Å². The van der Waals surface area contributed by atoms with Gasteiger partial charge in [0.2, 0.25) is 0 Å². The van der Waals surface area contributed by atoms with Gasteiger partial charge in [-0.1, -0.05) is 41.9 Å². The molecule has 0 spiro atoms. The number of aryl methyl sites for hydroxylation is 1. The highest BCUT2D eigenvalue weighted by molar-refractivity contribution is 6.29. The highest BCUT2D eigenvalue weighted by Crippen LogP contribution is 2.18. The first kappa shape index (κ1) is 17.1. The summed E-state index contributed by atoms with van der Waals surface area (Å²) in [5, 5.41) is 0.0580. The van der Waals surface area contributed by atoms with E-state index in [1.54, 1.807) is 31.2 Å². The first-order chi connectivity index (χ1) is 11.0. The smallest absolute Gasteiger partial charge is 0.416 e. The number of halogens is 3. The summed E-state index contributed by atoms with van der Waals surface area (Å²) in [4.78, 5) is 20.7. The number of aromatic nitrogens is 2. The second-order valence-corrected chi connectivity index (χ2v) is 5.03. The molecular formula is C15H14ClF2N3O2. The van der Waals surface area contributed by atoms with Gasteiger partial charge in [-0.25, -0.2) is 23.5 Å². The highest BCUT2D eigenvalue weighted by atomic mass is 35.5. The summed E-state index contributed by atoms with van der Waals surface area (Å²) < 4.78 is 30.6. The third-order valence-electron chi connectivity index (χ3n) is 2.82. The lowest BCUT2D eigenvalue weighted by Crippen LogP contribution is -2.36. The van der Waals surface area contributed by atoms with Gasteiger partial charge >= 0.3 is 6.09 Å². The fraction of sp³-hybridized carbons (Fsp3) is 0.267. The molecular weight excluding hydrogens is 328 g/mol. The van der Waals surface area contributed by atoms with E-state index in [2.05, 4.69) is 9.97 Å². The van der Waals surface area contributed by atoms with Gasteiger partial charge in [-0.3, -0.25) is 4.90 Å². The summed E-state index contributed by atoms with van der Waals surface area (Å²) >= 11 is 5.79. The lowest BCUT2D eigenvalue weighted by molar-refractivity contribution is 0.127. The van der Waals surface area contributed by atoms with Crippen LogP contribution < -0.4 is 4.90 Å². The Morgan fingerprint density at radius 3 is 2.61 bits per heavy atom. The van der Waals surface area contributed by atoms with Crippen molar-refractivity contribution in [1.29, 1.82) is 0 Å². The van der Waals surface area contributed by atoms with E-state index in [1.807, 2.05) is 6.07 Å². The van der Waals surface area contributed by atoms with Crippen LogP contribution in [0.5, 0.6) is 0 Å². The zero-order chi connectivity index (χ0) is 16.8. The van der Waals surface area contributed by atoms with Crippen LogP contribution in [0.2, 0.25) is 5.15 Å². The Hall–Kier alpha value is -2.28. The fourth-order valence-electron chi connectivity index (χ4n) is 1.85. The number of hydrogen-bond acceptors (Lipinski definition) is 4. The van der Waals surface area contributed by atoms with Gasteiger partial charge in [-0.05, 0) is 12.5 Å². The van der Waals surface area contributed by atoms with Crippen molar-refractivity contribution in [2.24, 2.45) is 0 Å². The number of amides is 1. The van der Waals surface area contributed by atoms with Crippen molar-refractivity contribution in [1.82, 2.24) is 9.97 Å². The quantitative estimate of drug-likeness (QED) is 0.775. The minimum atomic E-state index is -2.74. The first-order valence-electron chi connectivity index (χ1n) is 6.73. The number of hydrogen-bond donors (Lipinski definition) is 0. The monoisotopic (exact) mass is 341 g/mol. The van der Waals surface area contributed by atoms with E-state index in [1.165, 1.54) is 6.07 Å². The molecule has 0 saturated carbocycles. The molecule has 1 amide bonds. The van der Waals surface area contributed by atoms with E-state index in [9.17, 15) is 13.6 Å². The Kier molecular flexibility index (Phi) is 5.81. The van der Waals surface area contributed by atoms with Crippen LogP contribution in [-0.4, -0.2) is 29.0 Å². The van der Waals surface area contributed by atoms with Gasteiger partial charge in [-0.15, -0.1) is 0 Å². The van der Waals surface area contributed by atoms with Crippen molar-refractivity contribution in [3.8, 4) is 0 Å². The summed E-state index contributed by atoms with van der Waals surface area (Å²) in [5.41, 5.74) is 0.745. The molecule has 0 unspecified atom stereocenters. The molecule has 5 nitrogen and oxygen atoms in total. The van der Waals surface area contributed by atoms with Crippen LogP contribution in [0, 0.1) is 6.92 Å². The lowest BCUT2D eigenvalue weighted by Gasteiger charge is -2.21. The molecule has 122 valence electrons. The Balaban J connectivity index is 2.15. The molecule has 0 N–H and O–H groups in total. The summed E-state index contributed by atoms with van der Waals surface area (Å²) in [6.45, 7) is 0.669. The Morgan fingerprint density at radius 2 is 2.00 bits per heavy atom. The average molecular weight is 342 g/mol. The maximum Gasteiger partial charge on any atom is 0.416 e. The molecule has 2 rings (SSSR count). The minimum absolute atomic E-state index is 0.0270. The van der Waals surface area contributed by atoms with Gasteiger partial charge in [0.15, 0.2) is 0 Å². The molecule has 1 heterocycles. The second-order valence-electron chi connectivity index (χ2n) is 4.64. The predicted octanol–water partition coefficient (Wildman–Crippen LogP) is 3.85. The number of ether oxygens (including phenoxy) is 1. The van der Waals surface area contributed by atoms with E-state index in [0.29, 0.717) is 0 Å². The molecule has 23 heavy (non-hydrogen) atoms. The van der Waals surface area contributed by atoms with Crippen LogP contribution in [0.3, 0.4) is 0 Å². The first-order valence-corrected chi connectivity index (χ1v) is 7.11. The van der Waals surface area contributed by atoms with Crippen molar-refractivity contribution >= 4 is 23.5 Å². The molecule has 2 aromatic rings. The topological polar surface area (TPSA) is 55.3 Å². The molecule has 0 fully saturated rings. The largest absolute Gasteiger partial charge is 0.444 e. The molecule has 0 aliphatic heterocycles. The van der Waals surface area contributed by atoms with E-state index in [-0.39, 0.29) is 23.4 Å². The van der Waals surface area contributed by atoms with E-state index in [0.717, 1.165) is 10.5 Å². The number of carbonyl (C=O) groups is 1. The van der Waals surface area contributed by atoms with Gasteiger partial charge < -0.3 is 4.74 Å². The van der Waals surface area contributed by atoms with Crippen molar-refractivity contribution < 1.29 is 18.3 Å². The molecule has 0 atom stereocenters. The van der Waals surface area contributed by atoms with Gasteiger partial charge in [0.1, 0.15) is 23.4 Å². The molecule has 0 bridgehead atoms. The van der Waals surface area contributed by atoms with E-state index >= 15 is 0 Å². The maximum atomic E-state index is 12.8. The molecule has 1 aromatic heterocycles. The van der Waals surface area contributed by atoms with Crippen molar-refractivity contribution in [2.75, 3.05) is 11.4 Å². The fourth-order valence-corrected chi connectivity index (χ4v) is 2.07. The van der Waals surface area contributed by atoms with Crippen molar-refractivity contribution in [2.45, 2.75) is 20.0 Å². The number of rotatable bonds is 5. The number of alkyl halides is 2. The second kappa shape index (κ2) is 7.82. The molecule has 0 saturated heterocycles. The normalized spacial score (nSPS) is 10.7. The SMILES string of the molecule is Cc1nc(Cl)cc(N(CC(F)F)C(=O)OCc2ccccc2)n1. The van der Waals surface area contributed by atoms with Crippen molar-refractivity contribution in [3.05, 3.63) is 52.9 Å². The van der Waals surface area contributed by atoms with Crippen LogP contribution in [-0.2, 0) is 11.3 Å². The number of carbonyl (C=O) groups excluding carboxylic acids is 1. The maximum absolute atomic E-state index is 12.8. The predicted molar refractivity (Wildman–Crippen MR) is 81.8 cm³/mol. The van der Waals surface area contributed by atoms with Crippen LogP contribution >= 0.6 is 11.6 Å². The lowest BCUT2D eigenvalue weighted by atomic mass is 10.2. The number of anilines is 1. The Morgan fingerprint density at radius 1 is 1.30 bits per heavy atom. The summed E-state index contributed by atoms with van der Waals surface area (Å²) in [6.07, 6.45) is -3.67. The molecule has 0 aliphatic rings. The van der Waals surface area contributed by atoms with Gasteiger partial charge in [0.05, 0.1) is 6.54 Å². The van der Waals surface area contributed by atoms with Crippen LogP contribution in [0.15, 0.2) is 36.4 Å². The minimum Gasteiger partial charge on any atom is -0.444 e. The Bertz CT molecular complexity index is 651. The molecule has 1 aromatic carbocycles. The third kappa shape index (κ3) is 5.14. The summed E-state index contributed by atoms with van der Waals surface area (Å²) in [7, 11) is 0. The van der Waals surface area contributed by atoms with Gasteiger partial charge in [0.25, 0.3) is 6.43 Å². The summed E-state index contributed by atoms with van der Waals surface area (Å²) in [6, 6.07) is 10.1. The summed E-state index contributed by atoms with van der Waals surface area (Å²) in [5.74, 6) is 0.239. The number of benzene rings is 1. The van der Waals surface area contributed by atoms with Crippen LogP contribution in [0.25, 0.3) is 0 Å².